The lowest BCUT2D eigenvalue weighted by atomic mass is 9.86. The van der Waals surface area contributed by atoms with Crippen LogP contribution in [0.5, 0.6) is 11.5 Å². The Morgan fingerprint density at radius 3 is 2.67 bits per heavy atom. The number of ether oxygens (including phenoxy) is 1. The average molecular weight is 502 g/mol. The summed E-state index contributed by atoms with van der Waals surface area (Å²) in [4.78, 5) is 33.0. The van der Waals surface area contributed by atoms with Gasteiger partial charge >= 0.3 is 0 Å². The van der Waals surface area contributed by atoms with Crippen molar-refractivity contribution in [2.75, 3.05) is 18.4 Å². The quantitative estimate of drug-likeness (QED) is 0.456. The number of carbonyl (C=O) groups excluding carboxylic acids is 1. The normalized spacial score (nSPS) is 18.4. The second-order valence-electron chi connectivity index (χ2n) is 8.65. The maximum absolute atomic E-state index is 14.8. The predicted molar refractivity (Wildman–Crippen MR) is 128 cm³/mol. The molecule has 11 heteroatoms. The molecule has 2 atom stereocenters. The lowest BCUT2D eigenvalue weighted by Crippen LogP contribution is -2.52. The number of piperidine rings is 1. The molecular formula is C25H26F3N5O3. The van der Waals surface area contributed by atoms with Gasteiger partial charge in [-0.3, -0.25) is 14.5 Å². The van der Waals surface area contributed by atoms with E-state index in [0.717, 1.165) is 0 Å². The first-order valence-electron chi connectivity index (χ1n) is 11.4. The lowest BCUT2D eigenvalue weighted by molar-refractivity contribution is -0.125. The fraction of sp³-hybridized carbons (Fsp3) is 0.320. The van der Waals surface area contributed by atoms with Crippen molar-refractivity contribution >= 4 is 11.7 Å². The van der Waals surface area contributed by atoms with Crippen molar-refractivity contribution in [3.05, 3.63) is 82.2 Å². The molecule has 1 amide bonds. The number of halogens is 3. The minimum atomic E-state index is -3.00. The molecule has 0 saturated carbocycles. The monoisotopic (exact) mass is 501 g/mol. The van der Waals surface area contributed by atoms with Crippen molar-refractivity contribution in [3.63, 3.8) is 0 Å². The summed E-state index contributed by atoms with van der Waals surface area (Å²) in [5.41, 5.74) is 5.65. The Morgan fingerprint density at radius 2 is 2.00 bits per heavy atom. The number of nitrogens with two attached hydrogens (primary N) is 1. The van der Waals surface area contributed by atoms with Crippen molar-refractivity contribution < 1.29 is 22.7 Å². The van der Waals surface area contributed by atoms with Gasteiger partial charge in [-0.05, 0) is 55.0 Å². The van der Waals surface area contributed by atoms with Crippen LogP contribution in [0.1, 0.15) is 30.4 Å². The fourth-order valence-corrected chi connectivity index (χ4v) is 4.08. The summed E-state index contributed by atoms with van der Waals surface area (Å²) < 4.78 is 48.2. The number of aromatic amines is 1. The Kier molecular flexibility index (Phi) is 7.41. The number of hydrogen-bond donors (Lipinski definition) is 3. The third-order valence-corrected chi connectivity index (χ3v) is 6.25. The number of nitrogens with zero attached hydrogens (tertiary/aromatic N) is 2. The highest BCUT2D eigenvalue weighted by Gasteiger charge is 2.46. The van der Waals surface area contributed by atoms with Crippen LogP contribution in [-0.2, 0) is 11.3 Å². The van der Waals surface area contributed by atoms with Gasteiger partial charge < -0.3 is 20.8 Å². The fourth-order valence-electron chi connectivity index (χ4n) is 4.08. The first kappa shape index (κ1) is 25.4. The van der Waals surface area contributed by atoms with Gasteiger partial charge in [0.15, 0.2) is 0 Å². The molecule has 1 aliphatic rings. The number of pyridine rings is 2. The number of anilines is 1. The minimum absolute atomic E-state index is 0.0308. The van der Waals surface area contributed by atoms with Crippen LogP contribution in [0, 0.1) is 5.82 Å². The molecule has 0 radical (unpaired) electrons. The summed E-state index contributed by atoms with van der Waals surface area (Å²) in [6, 6.07) is 9.34. The van der Waals surface area contributed by atoms with Crippen LogP contribution >= 0.6 is 0 Å². The molecule has 0 aliphatic carbocycles. The molecule has 2 aromatic heterocycles. The van der Waals surface area contributed by atoms with Crippen LogP contribution in [0.25, 0.3) is 0 Å². The van der Waals surface area contributed by atoms with Crippen LogP contribution < -0.4 is 21.3 Å². The van der Waals surface area contributed by atoms with Crippen molar-refractivity contribution in [1.29, 1.82) is 0 Å². The summed E-state index contributed by atoms with van der Waals surface area (Å²) in [6.45, 7) is 1.53. The van der Waals surface area contributed by atoms with E-state index in [1.807, 2.05) is 0 Å². The predicted octanol–water partition coefficient (Wildman–Crippen LogP) is 3.61. The first-order chi connectivity index (χ1) is 17.2. The Bertz CT molecular complexity index is 1270. The van der Waals surface area contributed by atoms with Crippen molar-refractivity contribution in [1.82, 2.24) is 14.9 Å². The number of carbonyl (C=O) groups is 1. The van der Waals surface area contributed by atoms with E-state index < -0.39 is 35.8 Å². The number of alkyl halides is 2. The third-order valence-electron chi connectivity index (χ3n) is 6.25. The van der Waals surface area contributed by atoms with Gasteiger partial charge in [-0.2, -0.15) is 0 Å². The van der Waals surface area contributed by atoms with Gasteiger partial charge in [-0.25, -0.2) is 18.2 Å². The van der Waals surface area contributed by atoms with E-state index in [9.17, 15) is 22.8 Å². The number of amides is 1. The van der Waals surface area contributed by atoms with Crippen molar-refractivity contribution in [2.24, 2.45) is 5.73 Å². The van der Waals surface area contributed by atoms with Crippen LogP contribution in [-0.4, -0.2) is 45.8 Å². The summed E-state index contributed by atoms with van der Waals surface area (Å²) in [5.74, 6) is -3.89. The molecule has 8 nitrogen and oxygen atoms in total. The largest absolute Gasteiger partial charge is 0.456 e. The van der Waals surface area contributed by atoms with Crippen molar-refractivity contribution in [3.8, 4) is 11.5 Å². The molecule has 190 valence electrons. The Morgan fingerprint density at radius 1 is 1.28 bits per heavy atom. The highest BCUT2D eigenvalue weighted by Crippen LogP contribution is 2.40. The molecular weight excluding hydrogens is 475 g/mol. The van der Waals surface area contributed by atoms with E-state index in [0.29, 0.717) is 11.5 Å². The topological polar surface area (TPSA) is 113 Å². The van der Waals surface area contributed by atoms with Gasteiger partial charge in [0.2, 0.25) is 5.91 Å². The van der Waals surface area contributed by atoms with Crippen molar-refractivity contribution in [2.45, 2.75) is 37.8 Å². The number of nitrogens with one attached hydrogen (secondary N) is 2. The van der Waals surface area contributed by atoms with Crippen LogP contribution in [0.4, 0.5) is 19.0 Å². The van der Waals surface area contributed by atoms with E-state index in [-0.39, 0.29) is 42.4 Å². The van der Waals surface area contributed by atoms with E-state index in [1.54, 1.807) is 24.0 Å². The molecule has 1 aromatic carbocycles. The molecule has 0 spiro atoms. The second kappa shape index (κ2) is 10.5. The minimum Gasteiger partial charge on any atom is -0.456 e. The summed E-state index contributed by atoms with van der Waals surface area (Å²) in [6.07, 6.45) is 2.26. The highest BCUT2D eigenvalue weighted by atomic mass is 19.3. The second-order valence-corrected chi connectivity index (χ2v) is 8.65. The number of hydrogen-bond acceptors (Lipinski definition) is 6. The maximum Gasteiger partial charge on any atom is 0.257 e. The zero-order valence-electron chi connectivity index (χ0n) is 19.5. The van der Waals surface area contributed by atoms with E-state index in [1.165, 1.54) is 42.7 Å². The number of H-pyrrole nitrogens is 1. The van der Waals surface area contributed by atoms with Crippen LogP contribution in [0.3, 0.4) is 0 Å². The van der Waals surface area contributed by atoms with Gasteiger partial charge in [-0.1, -0.05) is 0 Å². The van der Waals surface area contributed by atoms with Crippen LogP contribution in [0.2, 0.25) is 0 Å². The highest BCUT2D eigenvalue weighted by molar-refractivity contribution is 5.93. The van der Waals surface area contributed by atoms with E-state index in [4.69, 9.17) is 10.5 Å². The Hall–Kier alpha value is -3.70. The number of rotatable bonds is 7. The third kappa shape index (κ3) is 5.74. The molecule has 4 rings (SSSR count). The molecule has 36 heavy (non-hydrogen) atoms. The molecule has 1 saturated heterocycles. The molecule has 1 aliphatic heterocycles. The summed E-state index contributed by atoms with van der Waals surface area (Å²) in [7, 11) is 0. The van der Waals surface area contributed by atoms with Gasteiger partial charge in [-0.15, -0.1) is 0 Å². The zero-order chi connectivity index (χ0) is 25.9. The van der Waals surface area contributed by atoms with Gasteiger partial charge in [0.25, 0.3) is 11.5 Å². The smallest absolute Gasteiger partial charge is 0.257 e. The lowest BCUT2D eigenvalue weighted by Gasteiger charge is -2.40. The average Bonchev–Trinajstić information content (AvgIpc) is 2.86. The summed E-state index contributed by atoms with van der Waals surface area (Å²) >= 11 is 0. The van der Waals surface area contributed by atoms with Gasteiger partial charge in [0.1, 0.15) is 23.1 Å². The standard InChI is InChI=1S/C25H26F3N5O3/c1-15(23(34)32-22-7-6-20(13-30-22)36-19-4-2-18(26)3-5-19)33-9-8-25(27,28)21(14-33)17-10-16(11-29)24(35)31-12-17/h2-7,10,12-13,15,21H,8-9,11,14,29H2,1H3,(H,31,35)(H,30,32,34). The van der Waals surface area contributed by atoms with Crippen LogP contribution in [0.15, 0.2) is 59.7 Å². The zero-order valence-corrected chi connectivity index (χ0v) is 19.5. The number of aromatic nitrogens is 2. The number of likely N-dealkylation sites (tertiary alicyclic amines) is 1. The van der Waals surface area contributed by atoms with E-state index in [2.05, 4.69) is 15.3 Å². The van der Waals surface area contributed by atoms with Gasteiger partial charge in [0.05, 0.1) is 18.2 Å². The SMILES string of the molecule is CC(C(=O)Nc1ccc(Oc2ccc(F)cc2)cn1)N1CCC(F)(F)C(c2c[nH]c(=O)c(CN)c2)C1. The Balaban J connectivity index is 1.40. The molecule has 1 fully saturated rings. The molecule has 2 unspecified atom stereocenters. The molecule has 3 heterocycles. The molecule has 3 aromatic rings. The number of benzene rings is 1. The first-order valence-corrected chi connectivity index (χ1v) is 11.4. The van der Waals surface area contributed by atoms with Gasteiger partial charge in [0, 0.05) is 37.8 Å². The molecule has 4 N–H and O–H groups in total. The molecule has 0 bridgehead atoms. The maximum atomic E-state index is 14.8. The van der Waals surface area contributed by atoms with E-state index >= 15 is 0 Å². The Labute approximate surface area is 205 Å². The summed E-state index contributed by atoms with van der Waals surface area (Å²) in [5, 5.41) is 2.69.